The molecular formula is C9H19N3O. The minimum Gasteiger partial charge on any atom is -0.338 e. The van der Waals surface area contributed by atoms with E-state index in [0.717, 1.165) is 26.1 Å². The van der Waals surface area contributed by atoms with Crippen molar-refractivity contribution >= 4 is 6.03 Å². The van der Waals surface area contributed by atoms with Gasteiger partial charge in [-0.3, -0.25) is 0 Å². The molecule has 1 saturated heterocycles. The first kappa shape index (κ1) is 10.3. The Morgan fingerprint density at radius 3 is 2.85 bits per heavy atom. The van der Waals surface area contributed by atoms with E-state index >= 15 is 0 Å². The molecule has 1 fully saturated rings. The van der Waals surface area contributed by atoms with E-state index in [0.29, 0.717) is 5.92 Å². The van der Waals surface area contributed by atoms with Gasteiger partial charge in [0.2, 0.25) is 0 Å². The molecule has 2 unspecified atom stereocenters. The molecule has 0 aromatic heterocycles. The lowest BCUT2D eigenvalue weighted by molar-refractivity contribution is 0.235. The summed E-state index contributed by atoms with van der Waals surface area (Å²) in [5, 5.41) is 8.99. The van der Waals surface area contributed by atoms with Gasteiger partial charge < -0.3 is 16.0 Å². The first-order valence-corrected chi connectivity index (χ1v) is 4.99. The maximum absolute atomic E-state index is 11.3. The van der Waals surface area contributed by atoms with E-state index in [-0.39, 0.29) is 12.1 Å². The normalized spacial score (nSPS) is 27.2. The zero-order valence-corrected chi connectivity index (χ0v) is 8.39. The fourth-order valence-electron chi connectivity index (χ4n) is 1.46. The Hall–Kier alpha value is -0.770. The van der Waals surface area contributed by atoms with Crippen molar-refractivity contribution in [2.24, 2.45) is 5.92 Å². The highest BCUT2D eigenvalue weighted by molar-refractivity contribution is 5.74. The smallest absolute Gasteiger partial charge is 0.315 e. The number of carbonyl (C=O) groups excluding carboxylic acids is 1. The van der Waals surface area contributed by atoms with Gasteiger partial charge >= 0.3 is 6.03 Å². The van der Waals surface area contributed by atoms with Crippen molar-refractivity contribution in [1.82, 2.24) is 16.0 Å². The van der Waals surface area contributed by atoms with Gasteiger partial charge in [-0.15, -0.1) is 0 Å². The Morgan fingerprint density at radius 1 is 1.54 bits per heavy atom. The molecular weight excluding hydrogens is 166 g/mol. The molecule has 13 heavy (non-hydrogen) atoms. The van der Waals surface area contributed by atoms with Crippen LogP contribution in [0.4, 0.5) is 4.79 Å². The number of carbonyl (C=O) groups is 1. The zero-order valence-electron chi connectivity index (χ0n) is 8.39. The third kappa shape index (κ3) is 3.22. The molecule has 3 N–H and O–H groups in total. The van der Waals surface area contributed by atoms with Crippen LogP contribution in [0.2, 0.25) is 0 Å². The second-order valence-electron chi connectivity index (χ2n) is 3.64. The highest BCUT2D eigenvalue weighted by atomic mass is 16.2. The highest BCUT2D eigenvalue weighted by Crippen LogP contribution is 2.06. The van der Waals surface area contributed by atoms with Crippen LogP contribution in [0.5, 0.6) is 0 Å². The molecule has 1 aliphatic rings. The summed E-state index contributed by atoms with van der Waals surface area (Å²) in [5.74, 6) is 0.535. The van der Waals surface area contributed by atoms with E-state index in [1.54, 1.807) is 0 Å². The number of amides is 2. The molecule has 76 valence electrons. The third-order valence-electron chi connectivity index (χ3n) is 2.37. The number of rotatable bonds is 3. The SMILES string of the molecule is CCCNC(=O)NC1CNCC1C. The van der Waals surface area contributed by atoms with Gasteiger partial charge in [0.05, 0.1) is 0 Å². The third-order valence-corrected chi connectivity index (χ3v) is 2.37. The lowest BCUT2D eigenvalue weighted by atomic mass is 10.1. The van der Waals surface area contributed by atoms with Gasteiger partial charge in [-0.1, -0.05) is 13.8 Å². The molecule has 0 aliphatic carbocycles. The summed E-state index contributed by atoms with van der Waals surface area (Å²) >= 11 is 0. The predicted octanol–water partition coefficient (Wildman–Crippen LogP) is 0.304. The van der Waals surface area contributed by atoms with Crippen LogP contribution in [0.15, 0.2) is 0 Å². The summed E-state index contributed by atoms with van der Waals surface area (Å²) in [6.07, 6.45) is 0.978. The summed E-state index contributed by atoms with van der Waals surface area (Å²) in [5.41, 5.74) is 0. The second-order valence-corrected chi connectivity index (χ2v) is 3.64. The van der Waals surface area contributed by atoms with Crippen molar-refractivity contribution in [1.29, 1.82) is 0 Å². The van der Waals surface area contributed by atoms with Crippen LogP contribution < -0.4 is 16.0 Å². The van der Waals surface area contributed by atoms with Crippen molar-refractivity contribution in [3.05, 3.63) is 0 Å². The fourth-order valence-corrected chi connectivity index (χ4v) is 1.46. The summed E-state index contributed by atoms with van der Waals surface area (Å²) < 4.78 is 0. The predicted molar refractivity (Wildman–Crippen MR) is 52.6 cm³/mol. The van der Waals surface area contributed by atoms with Gasteiger partial charge in [0.25, 0.3) is 0 Å². The van der Waals surface area contributed by atoms with E-state index < -0.39 is 0 Å². The molecule has 1 heterocycles. The van der Waals surface area contributed by atoms with Gasteiger partial charge in [-0.2, -0.15) is 0 Å². The molecule has 0 bridgehead atoms. The Labute approximate surface area is 79.5 Å². The summed E-state index contributed by atoms with van der Waals surface area (Å²) in [6.45, 7) is 6.82. The molecule has 0 spiro atoms. The van der Waals surface area contributed by atoms with Gasteiger partial charge in [0.1, 0.15) is 0 Å². The van der Waals surface area contributed by atoms with E-state index in [4.69, 9.17) is 0 Å². The number of hydrogen-bond donors (Lipinski definition) is 3. The lowest BCUT2D eigenvalue weighted by Crippen LogP contribution is -2.45. The van der Waals surface area contributed by atoms with Crippen molar-refractivity contribution in [3.8, 4) is 0 Å². The zero-order chi connectivity index (χ0) is 9.68. The van der Waals surface area contributed by atoms with Crippen LogP contribution in [0.25, 0.3) is 0 Å². The number of hydrogen-bond acceptors (Lipinski definition) is 2. The standard InChI is InChI=1S/C9H19N3O/c1-3-4-11-9(13)12-8-6-10-5-7(8)2/h7-8,10H,3-6H2,1-2H3,(H2,11,12,13). The maximum atomic E-state index is 11.3. The van der Waals surface area contributed by atoms with E-state index in [1.165, 1.54) is 0 Å². The van der Waals surface area contributed by atoms with Crippen molar-refractivity contribution < 1.29 is 4.79 Å². The van der Waals surface area contributed by atoms with Crippen LogP contribution in [0, 0.1) is 5.92 Å². The Kier molecular flexibility index (Phi) is 4.02. The van der Waals surface area contributed by atoms with Gasteiger partial charge in [0.15, 0.2) is 0 Å². The van der Waals surface area contributed by atoms with Crippen LogP contribution in [-0.2, 0) is 0 Å². The van der Waals surface area contributed by atoms with Crippen LogP contribution in [0.1, 0.15) is 20.3 Å². The van der Waals surface area contributed by atoms with Gasteiger partial charge in [0, 0.05) is 19.1 Å². The summed E-state index contributed by atoms with van der Waals surface area (Å²) in [4.78, 5) is 11.3. The Morgan fingerprint density at radius 2 is 2.31 bits per heavy atom. The molecule has 0 aromatic rings. The molecule has 2 amide bonds. The molecule has 1 rings (SSSR count). The summed E-state index contributed by atoms with van der Waals surface area (Å²) in [7, 11) is 0. The molecule has 4 nitrogen and oxygen atoms in total. The Bertz CT molecular complexity index is 172. The van der Waals surface area contributed by atoms with Gasteiger partial charge in [-0.05, 0) is 18.9 Å². The topological polar surface area (TPSA) is 53.2 Å². The number of nitrogens with one attached hydrogen (secondary N) is 3. The molecule has 2 atom stereocenters. The largest absolute Gasteiger partial charge is 0.338 e. The number of urea groups is 1. The van der Waals surface area contributed by atoms with Crippen molar-refractivity contribution in [2.75, 3.05) is 19.6 Å². The fraction of sp³-hybridized carbons (Fsp3) is 0.889. The second kappa shape index (κ2) is 5.07. The van der Waals surface area contributed by atoms with Crippen LogP contribution in [0.3, 0.4) is 0 Å². The average Bonchev–Trinajstić information content (AvgIpc) is 2.48. The van der Waals surface area contributed by atoms with Gasteiger partial charge in [-0.25, -0.2) is 4.79 Å². The van der Waals surface area contributed by atoms with E-state index in [9.17, 15) is 4.79 Å². The molecule has 0 aromatic carbocycles. The average molecular weight is 185 g/mol. The molecule has 0 saturated carbocycles. The monoisotopic (exact) mass is 185 g/mol. The highest BCUT2D eigenvalue weighted by Gasteiger charge is 2.23. The quantitative estimate of drug-likeness (QED) is 0.592. The minimum atomic E-state index is -0.0394. The Balaban J connectivity index is 2.19. The maximum Gasteiger partial charge on any atom is 0.315 e. The molecule has 1 aliphatic heterocycles. The van der Waals surface area contributed by atoms with Crippen molar-refractivity contribution in [3.63, 3.8) is 0 Å². The van der Waals surface area contributed by atoms with Crippen LogP contribution >= 0.6 is 0 Å². The van der Waals surface area contributed by atoms with Crippen LogP contribution in [-0.4, -0.2) is 31.7 Å². The summed E-state index contributed by atoms with van der Waals surface area (Å²) in [6, 6.07) is 0.249. The minimum absolute atomic E-state index is 0.0394. The van der Waals surface area contributed by atoms with Crippen molar-refractivity contribution in [2.45, 2.75) is 26.3 Å². The first-order valence-electron chi connectivity index (χ1n) is 4.99. The first-order chi connectivity index (χ1) is 6.24. The molecule has 4 heteroatoms. The van der Waals surface area contributed by atoms with E-state index in [1.807, 2.05) is 6.92 Å². The molecule has 0 radical (unpaired) electrons. The van der Waals surface area contributed by atoms with E-state index in [2.05, 4.69) is 22.9 Å². The lowest BCUT2D eigenvalue weighted by Gasteiger charge is -2.16.